The van der Waals surface area contributed by atoms with Crippen LogP contribution in [0.25, 0.3) is 0 Å². The zero-order valence-corrected chi connectivity index (χ0v) is 12.5. The number of likely N-dealkylation sites (tertiary alicyclic amines) is 1. The number of carboxylic acids is 1. The van der Waals surface area contributed by atoms with Gasteiger partial charge in [-0.3, -0.25) is 9.59 Å². The number of fused-ring (bicyclic) bond motifs is 1. The van der Waals surface area contributed by atoms with Crippen molar-refractivity contribution in [2.45, 2.75) is 38.5 Å². The maximum atomic E-state index is 12.6. The maximum Gasteiger partial charge on any atom is 0.306 e. The number of aliphatic carboxylic acids is 1. The molecule has 0 saturated carbocycles. The first-order valence-corrected chi connectivity index (χ1v) is 7.93. The number of carbonyl (C=O) groups is 2. The van der Waals surface area contributed by atoms with Gasteiger partial charge >= 0.3 is 5.97 Å². The van der Waals surface area contributed by atoms with E-state index in [-0.39, 0.29) is 17.6 Å². The first-order chi connectivity index (χ1) is 10.6. The average Bonchev–Trinajstić information content (AvgIpc) is 2.55. The number of phenolic OH excluding ortho intramolecular Hbond substituents is 1. The number of carbonyl (C=O) groups excluding carboxylic acids is 1. The molecule has 1 aromatic rings. The fourth-order valence-corrected chi connectivity index (χ4v) is 3.48. The molecule has 5 heteroatoms. The second-order valence-electron chi connectivity index (χ2n) is 6.21. The Bertz CT molecular complexity index is 603. The van der Waals surface area contributed by atoms with Crippen molar-refractivity contribution in [2.75, 3.05) is 13.1 Å². The van der Waals surface area contributed by atoms with Gasteiger partial charge in [-0.2, -0.15) is 0 Å². The van der Waals surface area contributed by atoms with Crippen LogP contribution in [0.1, 0.15) is 47.2 Å². The predicted molar refractivity (Wildman–Crippen MR) is 81.0 cm³/mol. The Kier molecular flexibility index (Phi) is 4.05. The highest BCUT2D eigenvalue weighted by Gasteiger charge is 2.29. The third kappa shape index (κ3) is 2.67. The normalized spacial score (nSPS) is 18.8. The molecule has 2 aliphatic rings. The van der Waals surface area contributed by atoms with E-state index in [1.54, 1.807) is 11.0 Å². The summed E-state index contributed by atoms with van der Waals surface area (Å²) in [6.45, 7) is 0.874. The molecule has 1 amide bonds. The molecule has 0 unspecified atom stereocenters. The van der Waals surface area contributed by atoms with Crippen molar-refractivity contribution in [2.24, 2.45) is 5.92 Å². The molecule has 22 heavy (non-hydrogen) atoms. The van der Waals surface area contributed by atoms with Crippen molar-refractivity contribution in [1.29, 1.82) is 0 Å². The molecule has 2 N–H and O–H groups in total. The van der Waals surface area contributed by atoms with Crippen LogP contribution in [0.4, 0.5) is 0 Å². The SMILES string of the molecule is O=C(O)C1CCN(C(=O)c2ccc3c(c2O)CCCC3)CC1. The molecule has 1 aliphatic carbocycles. The number of nitrogens with zero attached hydrogens (tertiary/aromatic N) is 1. The van der Waals surface area contributed by atoms with E-state index >= 15 is 0 Å². The Morgan fingerprint density at radius 2 is 1.77 bits per heavy atom. The maximum absolute atomic E-state index is 12.6. The molecule has 1 aliphatic heterocycles. The van der Waals surface area contributed by atoms with Gasteiger partial charge in [0.05, 0.1) is 11.5 Å². The number of carboxylic acid groups (broad SMARTS) is 1. The summed E-state index contributed by atoms with van der Waals surface area (Å²) in [5, 5.41) is 19.4. The largest absolute Gasteiger partial charge is 0.507 e. The average molecular weight is 303 g/mol. The van der Waals surface area contributed by atoms with E-state index in [1.165, 1.54) is 0 Å². The van der Waals surface area contributed by atoms with Crippen molar-refractivity contribution in [3.63, 3.8) is 0 Å². The van der Waals surface area contributed by atoms with Gasteiger partial charge in [-0.1, -0.05) is 6.07 Å². The van der Waals surface area contributed by atoms with Gasteiger partial charge in [0.25, 0.3) is 5.91 Å². The lowest BCUT2D eigenvalue weighted by Gasteiger charge is -2.30. The molecule has 118 valence electrons. The van der Waals surface area contributed by atoms with E-state index in [2.05, 4.69) is 0 Å². The third-order valence-corrected chi connectivity index (χ3v) is 4.86. The molecule has 1 heterocycles. The second kappa shape index (κ2) is 5.99. The Labute approximate surface area is 129 Å². The summed E-state index contributed by atoms with van der Waals surface area (Å²) in [5.41, 5.74) is 2.41. The molecule has 0 atom stereocenters. The monoisotopic (exact) mass is 303 g/mol. The van der Waals surface area contributed by atoms with Gasteiger partial charge in [0.2, 0.25) is 0 Å². The van der Waals surface area contributed by atoms with Gasteiger partial charge in [-0.05, 0) is 55.7 Å². The topological polar surface area (TPSA) is 77.8 Å². The van der Waals surface area contributed by atoms with Crippen LogP contribution in [-0.2, 0) is 17.6 Å². The number of hydrogen-bond acceptors (Lipinski definition) is 3. The molecule has 1 fully saturated rings. The predicted octanol–water partition coefficient (Wildman–Crippen LogP) is 2.21. The van der Waals surface area contributed by atoms with Gasteiger partial charge in [-0.15, -0.1) is 0 Å². The van der Waals surface area contributed by atoms with Crippen molar-refractivity contribution in [3.05, 3.63) is 28.8 Å². The molecular formula is C17H21NO4. The van der Waals surface area contributed by atoms with Crippen LogP contribution in [0.2, 0.25) is 0 Å². The minimum absolute atomic E-state index is 0.127. The van der Waals surface area contributed by atoms with Gasteiger partial charge < -0.3 is 15.1 Å². The molecule has 0 radical (unpaired) electrons. The van der Waals surface area contributed by atoms with Crippen LogP contribution >= 0.6 is 0 Å². The molecule has 1 saturated heterocycles. The Balaban J connectivity index is 1.77. The molecule has 5 nitrogen and oxygen atoms in total. The molecule has 3 rings (SSSR count). The van der Waals surface area contributed by atoms with E-state index in [9.17, 15) is 14.7 Å². The van der Waals surface area contributed by atoms with Crippen LogP contribution in [0.5, 0.6) is 5.75 Å². The lowest BCUT2D eigenvalue weighted by atomic mass is 9.89. The molecule has 0 bridgehead atoms. The highest BCUT2D eigenvalue weighted by Crippen LogP contribution is 2.33. The van der Waals surface area contributed by atoms with Crippen LogP contribution < -0.4 is 0 Å². The number of aryl methyl sites for hydroxylation is 1. The van der Waals surface area contributed by atoms with Crippen molar-refractivity contribution < 1.29 is 19.8 Å². The van der Waals surface area contributed by atoms with Gasteiger partial charge in [0.1, 0.15) is 5.75 Å². The van der Waals surface area contributed by atoms with E-state index in [0.29, 0.717) is 31.5 Å². The Morgan fingerprint density at radius 1 is 1.09 bits per heavy atom. The van der Waals surface area contributed by atoms with Crippen LogP contribution in [0.15, 0.2) is 12.1 Å². The molecule has 0 aromatic heterocycles. The first-order valence-electron chi connectivity index (χ1n) is 7.93. The van der Waals surface area contributed by atoms with E-state index < -0.39 is 5.97 Å². The smallest absolute Gasteiger partial charge is 0.306 e. The zero-order chi connectivity index (χ0) is 15.7. The minimum atomic E-state index is -0.788. The molecular weight excluding hydrogens is 282 g/mol. The standard InChI is InChI=1S/C17H21NO4/c19-15-13-4-2-1-3-11(13)5-6-14(15)16(20)18-9-7-12(8-10-18)17(21)22/h5-6,12,19H,1-4,7-10H2,(H,21,22). The lowest BCUT2D eigenvalue weighted by molar-refractivity contribution is -0.143. The number of amides is 1. The van der Waals surface area contributed by atoms with Crippen LogP contribution in [-0.4, -0.2) is 40.1 Å². The highest BCUT2D eigenvalue weighted by molar-refractivity contribution is 5.97. The Morgan fingerprint density at radius 3 is 2.45 bits per heavy atom. The number of rotatable bonds is 2. The number of phenols is 1. The highest BCUT2D eigenvalue weighted by atomic mass is 16.4. The van der Waals surface area contributed by atoms with Crippen molar-refractivity contribution in [3.8, 4) is 5.75 Å². The van der Waals surface area contributed by atoms with Crippen LogP contribution in [0, 0.1) is 5.92 Å². The second-order valence-corrected chi connectivity index (χ2v) is 6.21. The number of piperidine rings is 1. The van der Waals surface area contributed by atoms with E-state index in [1.807, 2.05) is 6.07 Å². The minimum Gasteiger partial charge on any atom is -0.507 e. The molecule has 1 aromatic carbocycles. The van der Waals surface area contributed by atoms with E-state index in [4.69, 9.17) is 5.11 Å². The zero-order valence-electron chi connectivity index (χ0n) is 12.5. The summed E-state index contributed by atoms with van der Waals surface area (Å²) in [6, 6.07) is 3.66. The summed E-state index contributed by atoms with van der Waals surface area (Å²) in [4.78, 5) is 25.2. The first kappa shape index (κ1) is 14.9. The van der Waals surface area contributed by atoms with Crippen molar-refractivity contribution >= 4 is 11.9 Å². The summed E-state index contributed by atoms with van der Waals surface area (Å²) in [6.07, 6.45) is 4.91. The summed E-state index contributed by atoms with van der Waals surface area (Å²) in [7, 11) is 0. The fraction of sp³-hybridized carbons (Fsp3) is 0.529. The fourth-order valence-electron chi connectivity index (χ4n) is 3.48. The van der Waals surface area contributed by atoms with Gasteiger partial charge in [0, 0.05) is 13.1 Å². The number of benzene rings is 1. The summed E-state index contributed by atoms with van der Waals surface area (Å²) >= 11 is 0. The van der Waals surface area contributed by atoms with Crippen molar-refractivity contribution in [1.82, 2.24) is 4.90 Å². The number of hydrogen-bond donors (Lipinski definition) is 2. The summed E-state index contributed by atoms with van der Waals surface area (Å²) < 4.78 is 0. The molecule has 0 spiro atoms. The summed E-state index contributed by atoms with van der Waals surface area (Å²) in [5.74, 6) is -1.21. The number of aromatic hydroxyl groups is 1. The Hall–Kier alpha value is -2.04. The van der Waals surface area contributed by atoms with Crippen LogP contribution in [0.3, 0.4) is 0 Å². The van der Waals surface area contributed by atoms with E-state index in [0.717, 1.165) is 36.8 Å². The van der Waals surface area contributed by atoms with Gasteiger partial charge in [0.15, 0.2) is 0 Å². The third-order valence-electron chi connectivity index (χ3n) is 4.86. The van der Waals surface area contributed by atoms with Gasteiger partial charge in [-0.25, -0.2) is 0 Å². The quantitative estimate of drug-likeness (QED) is 0.878. The lowest BCUT2D eigenvalue weighted by Crippen LogP contribution is -2.40.